The number of rotatable bonds is 8. The quantitative estimate of drug-likeness (QED) is 0.512. The molecular weight excluding hydrogens is 226 g/mol. The molecule has 0 aliphatic heterocycles. The molecule has 1 atom stereocenters. The van der Waals surface area contributed by atoms with E-state index in [-0.39, 0.29) is 6.61 Å². The third-order valence-electron chi connectivity index (χ3n) is 1.61. The lowest BCUT2D eigenvalue weighted by Gasteiger charge is -2.12. The predicted octanol–water partition coefficient (Wildman–Crippen LogP) is 2.28. The van der Waals surface area contributed by atoms with Crippen LogP contribution in [-0.4, -0.2) is 28.0 Å². The molecule has 0 amide bonds. The zero-order valence-electron chi connectivity index (χ0n) is 10.1. The number of nitrogens with one attached hydrogen (secondary N) is 1. The van der Waals surface area contributed by atoms with Gasteiger partial charge in [-0.3, -0.25) is 8.74 Å². The molecule has 0 aromatic rings. The Kier molecular flexibility index (Phi) is 16.2. The number of hydrogen-bond acceptors (Lipinski definition) is 3. The second-order valence-corrected chi connectivity index (χ2v) is 3.60. The first-order valence-electron chi connectivity index (χ1n) is 5.31. The molecule has 1 unspecified atom stereocenters. The molecule has 0 fully saturated rings. The van der Waals surface area contributed by atoms with E-state index in [0.717, 1.165) is 19.4 Å². The average Bonchev–Trinajstić information content (AvgIpc) is 2.19. The highest BCUT2D eigenvalue weighted by Gasteiger charge is 1.99. The summed E-state index contributed by atoms with van der Waals surface area (Å²) in [5, 5.41) is 3.34. The second-order valence-electron chi connectivity index (χ2n) is 2.93. The molecule has 0 spiro atoms. The van der Waals surface area contributed by atoms with E-state index >= 15 is 0 Å². The highest BCUT2D eigenvalue weighted by atomic mass is 32.2. The smallest absolute Gasteiger partial charge is 0.301 e. The highest BCUT2D eigenvalue weighted by molar-refractivity contribution is 7.74. The summed E-state index contributed by atoms with van der Waals surface area (Å²) in [6.45, 7) is 12.4. The standard InChI is InChI=1S/C9H17N.C2H6O3S/c1-4-7-9(8-5-2)10-6-3;1-2-5-6(3)4/h4-5,9-10H,1-2,6-8H2,3H3;2H2,1H3,(H,3,4). The van der Waals surface area contributed by atoms with Crippen LogP contribution < -0.4 is 5.32 Å². The maximum absolute atomic E-state index is 9.49. The largest absolute Gasteiger partial charge is 0.314 e. The number of hydrogen-bond donors (Lipinski definition) is 2. The van der Waals surface area contributed by atoms with Gasteiger partial charge in [-0.15, -0.1) is 13.2 Å². The monoisotopic (exact) mass is 249 g/mol. The summed E-state index contributed by atoms with van der Waals surface area (Å²) < 4.78 is 21.4. The Bertz CT molecular complexity index is 188. The van der Waals surface area contributed by atoms with E-state index in [0.29, 0.717) is 6.04 Å². The summed E-state index contributed by atoms with van der Waals surface area (Å²) in [5.74, 6) is 0. The molecule has 5 heteroatoms. The van der Waals surface area contributed by atoms with Crippen LogP contribution in [0.3, 0.4) is 0 Å². The molecule has 16 heavy (non-hydrogen) atoms. The van der Waals surface area contributed by atoms with E-state index in [2.05, 4.69) is 29.6 Å². The molecule has 0 radical (unpaired) electrons. The van der Waals surface area contributed by atoms with Gasteiger partial charge in [-0.2, -0.15) is 4.21 Å². The van der Waals surface area contributed by atoms with Crippen molar-refractivity contribution in [1.29, 1.82) is 0 Å². The Hall–Kier alpha value is -0.490. The van der Waals surface area contributed by atoms with Gasteiger partial charge in [0, 0.05) is 6.04 Å². The zero-order valence-corrected chi connectivity index (χ0v) is 11.0. The van der Waals surface area contributed by atoms with Gasteiger partial charge in [-0.05, 0) is 26.3 Å². The zero-order chi connectivity index (χ0) is 12.8. The maximum atomic E-state index is 9.49. The Morgan fingerprint density at radius 1 is 1.38 bits per heavy atom. The van der Waals surface area contributed by atoms with E-state index in [1.165, 1.54) is 0 Å². The van der Waals surface area contributed by atoms with Gasteiger partial charge >= 0.3 is 11.4 Å². The Labute approximate surface area is 101 Å². The van der Waals surface area contributed by atoms with Crippen molar-refractivity contribution in [3.05, 3.63) is 25.3 Å². The van der Waals surface area contributed by atoms with Crippen molar-refractivity contribution in [2.75, 3.05) is 13.2 Å². The summed E-state index contributed by atoms with van der Waals surface area (Å²) in [6, 6.07) is 0.542. The van der Waals surface area contributed by atoms with Gasteiger partial charge in [0.15, 0.2) is 0 Å². The molecule has 0 aromatic heterocycles. The highest BCUT2D eigenvalue weighted by Crippen LogP contribution is 1.98. The van der Waals surface area contributed by atoms with Crippen LogP contribution in [0.25, 0.3) is 0 Å². The molecule has 2 N–H and O–H groups in total. The minimum absolute atomic E-state index is 0.281. The molecule has 0 heterocycles. The van der Waals surface area contributed by atoms with Gasteiger partial charge in [0.25, 0.3) is 0 Å². The molecule has 0 aromatic carbocycles. The molecule has 0 saturated carbocycles. The first-order valence-corrected chi connectivity index (χ1v) is 6.34. The summed E-state index contributed by atoms with van der Waals surface area (Å²) in [7, 11) is 0. The summed E-state index contributed by atoms with van der Waals surface area (Å²) in [6.07, 6.45) is 5.94. The Morgan fingerprint density at radius 3 is 2.06 bits per heavy atom. The predicted molar refractivity (Wildman–Crippen MR) is 69.5 cm³/mol. The van der Waals surface area contributed by atoms with Gasteiger partial charge in [-0.25, -0.2) is 0 Å². The van der Waals surface area contributed by atoms with Crippen molar-refractivity contribution in [2.45, 2.75) is 32.7 Å². The van der Waals surface area contributed by atoms with Crippen LogP contribution in [0, 0.1) is 0 Å². The first kappa shape index (κ1) is 17.9. The van der Waals surface area contributed by atoms with Crippen molar-refractivity contribution in [3.8, 4) is 0 Å². The minimum Gasteiger partial charge on any atom is -0.314 e. The molecule has 0 saturated heterocycles. The summed E-state index contributed by atoms with van der Waals surface area (Å²) in [5.41, 5.74) is 0. The van der Waals surface area contributed by atoms with Gasteiger partial charge < -0.3 is 5.32 Å². The third-order valence-corrected chi connectivity index (χ3v) is 2.05. The van der Waals surface area contributed by atoms with E-state index in [9.17, 15) is 4.21 Å². The fourth-order valence-electron chi connectivity index (χ4n) is 1.05. The topological polar surface area (TPSA) is 58.6 Å². The van der Waals surface area contributed by atoms with Crippen LogP contribution >= 0.6 is 0 Å². The van der Waals surface area contributed by atoms with Gasteiger partial charge in [-0.1, -0.05) is 19.1 Å². The minimum atomic E-state index is -2.07. The average molecular weight is 249 g/mol. The molecule has 0 aliphatic carbocycles. The van der Waals surface area contributed by atoms with Crippen LogP contribution in [0.2, 0.25) is 0 Å². The fraction of sp³-hybridized carbons (Fsp3) is 0.636. The van der Waals surface area contributed by atoms with Crippen molar-refractivity contribution in [2.24, 2.45) is 0 Å². The lowest BCUT2D eigenvalue weighted by molar-refractivity contribution is 0.325. The van der Waals surface area contributed by atoms with E-state index < -0.39 is 11.4 Å². The molecular formula is C11H23NO3S. The summed E-state index contributed by atoms with van der Waals surface area (Å²) in [4.78, 5) is 0. The molecule has 0 aliphatic rings. The maximum Gasteiger partial charge on any atom is 0.301 e. The molecule has 0 rings (SSSR count). The lowest BCUT2D eigenvalue weighted by Crippen LogP contribution is -2.27. The molecule has 96 valence electrons. The Morgan fingerprint density at radius 2 is 1.88 bits per heavy atom. The lowest BCUT2D eigenvalue weighted by atomic mass is 10.1. The van der Waals surface area contributed by atoms with E-state index in [4.69, 9.17) is 4.55 Å². The first-order chi connectivity index (χ1) is 7.62. The summed E-state index contributed by atoms with van der Waals surface area (Å²) >= 11 is -2.07. The molecule has 4 nitrogen and oxygen atoms in total. The van der Waals surface area contributed by atoms with Crippen molar-refractivity contribution >= 4 is 11.4 Å². The second kappa shape index (κ2) is 14.5. The SMILES string of the molecule is C=CCC(CC=C)NCC.CCOS(=O)O. The van der Waals surface area contributed by atoms with E-state index in [1.54, 1.807) is 6.92 Å². The van der Waals surface area contributed by atoms with Crippen molar-refractivity contribution in [1.82, 2.24) is 5.32 Å². The van der Waals surface area contributed by atoms with Gasteiger partial charge in [0.2, 0.25) is 0 Å². The third kappa shape index (κ3) is 16.0. The van der Waals surface area contributed by atoms with Crippen LogP contribution in [0.15, 0.2) is 25.3 Å². The van der Waals surface area contributed by atoms with Crippen LogP contribution in [-0.2, 0) is 15.5 Å². The normalized spacial score (nSPS) is 11.5. The Balaban J connectivity index is 0. The fourth-order valence-corrected chi connectivity index (χ4v) is 1.26. The molecule has 0 bridgehead atoms. The van der Waals surface area contributed by atoms with E-state index in [1.807, 2.05) is 12.2 Å². The van der Waals surface area contributed by atoms with Gasteiger partial charge in [0.1, 0.15) is 0 Å². The van der Waals surface area contributed by atoms with Gasteiger partial charge in [0.05, 0.1) is 6.61 Å². The van der Waals surface area contributed by atoms with Crippen LogP contribution in [0.1, 0.15) is 26.7 Å². The van der Waals surface area contributed by atoms with Crippen molar-refractivity contribution in [3.63, 3.8) is 0 Å². The van der Waals surface area contributed by atoms with Crippen molar-refractivity contribution < 1.29 is 12.9 Å². The van der Waals surface area contributed by atoms with Crippen LogP contribution in [0.5, 0.6) is 0 Å². The van der Waals surface area contributed by atoms with Crippen LogP contribution in [0.4, 0.5) is 0 Å².